The van der Waals surface area contributed by atoms with Crippen LogP contribution in [-0.4, -0.2) is 54.8 Å². The van der Waals surface area contributed by atoms with Crippen molar-refractivity contribution in [1.82, 2.24) is 15.0 Å². The first kappa shape index (κ1) is 26.9. The van der Waals surface area contributed by atoms with E-state index in [4.69, 9.17) is 9.47 Å². The summed E-state index contributed by atoms with van der Waals surface area (Å²) in [5.74, 6) is -0.0304. The number of halogens is 6. The fourth-order valence-corrected chi connectivity index (χ4v) is 3.22. The Morgan fingerprint density at radius 2 is 1.72 bits per heavy atom. The van der Waals surface area contributed by atoms with Crippen LogP contribution in [0.25, 0.3) is 10.9 Å². The normalized spacial score (nSPS) is 12.9. The van der Waals surface area contributed by atoms with Crippen LogP contribution in [0, 0.1) is 6.92 Å². The minimum Gasteiger partial charge on any atom is -0.493 e. The van der Waals surface area contributed by atoms with Crippen LogP contribution in [0.3, 0.4) is 0 Å². The zero-order valence-corrected chi connectivity index (χ0v) is 19.3. The largest absolute Gasteiger partial charge is 0.493 e. The lowest BCUT2D eigenvalue weighted by Crippen LogP contribution is -2.38. The Morgan fingerprint density at radius 1 is 1.00 bits per heavy atom. The van der Waals surface area contributed by atoms with Crippen molar-refractivity contribution in [3.8, 4) is 11.5 Å². The molecule has 1 atom stereocenters. The van der Waals surface area contributed by atoms with Gasteiger partial charge < -0.3 is 19.5 Å². The summed E-state index contributed by atoms with van der Waals surface area (Å²) >= 11 is 0. The van der Waals surface area contributed by atoms with Crippen molar-refractivity contribution in [2.24, 2.45) is 4.99 Å². The molecule has 1 aromatic carbocycles. The summed E-state index contributed by atoms with van der Waals surface area (Å²) < 4.78 is 94.7. The highest BCUT2D eigenvalue weighted by Gasteiger charge is 2.42. The molecule has 0 amide bonds. The van der Waals surface area contributed by atoms with E-state index in [2.05, 4.69) is 36.7 Å². The lowest BCUT2D eigenvalue weighted by Gasteiger charge is -2.22. The summed E-state index contributed by atoms with van der Waals surface area (Å²) in [5, 5.41) is 3.15. The number of aliphatic imine (C=N–C) groups is 1. The molecule has 1 N–H and O–H groups in total. The summed E-state index contributed by atoms with van der Waals surface area (Å²) in [6.45, 7) is 3.88. The van der Waals surface area contributed by atoms with E-state index in [1.165, 1.54) is 25.3 Å². The highest BCUT2D eigenvalue weighted by molar-refractivity contribution is 5.91. The van der Waals surface area contributed by atoms with Gasteiger partial charge in [-0.15, -0.1) is 0 Å². The molecule has 0 spiro atoms. The van der Waals surface area contributed by atoms with E-state index < -0.39 is 30.8 Å². The number of rotatable bonds is 9. The number of benzene rings is 1. The first-order valence-corrected chi connectivity index (χ1v) is 10.2. The van der Waals surface area contributed by atoms with E-state index in [0.29, 0.717) is 11.3 Å². The number of fused-ring (bicyclic) bond motifs is 1. The molecule has 194 valence electrons. The van der Waals surface area contributed by atoms with Gasteiger partial charge in [-0.3, -0.25) is 0 Å². The number of aromatic nitrogens is 3. The number of nitrogens with one attached hydrogen (secondary N) is 1. The number of aryl methyl sites for hydroxylation is 1. The van der Waals surface area contributed by atoms with Crippen LogP contribution >= 0.6 is 0 Å². The topological polar surface area (TPSA) is 90.8 Å². The van der Waals surface area contributed by atoms with Crippen LogP contribution in [0.15, 0.2) is 29.3 Å². The molecule has 1 unspecified atom stereocenters. The molecule has 0 fully saturated rings. The van der Waals surface area contributed by atoms with Crippen LogP contribution in [-0.2, 0) is 17.5 Å². The third-order valence-corrected chi connectivity index (χ3v) is 4.83. The number of anilines is 1. The molecular weight excluding hydrogens is 496 g/mol. The fraction of sp³-hybridized carbons (Fsp3) is 0.364. The zero-order valence-electron chi connectivity index (χ0n) is 19.3. The predicted molar refractivity (Wildman–Crippen MR) is 119 cm³/mol. The van der Waals surface area contributed by atoms with E-state index in [0.717, 1.165) is 13.2 Å². The fourth-order valence-electron chi connectivity index (χ4n) is 3.22. The maximum absolute atomic E-state index is 13.4. The van der Waals surface area contributed by atoms with Crippen molar-refractivity contribution in [1.29, 1.82) is 0 Å². The van der Waals surface area contributed by atoms with Gasteiger partial charge in [0.05, 0.1) is 19.2 Å². The summed E-state index contributed by atoms with van der Waals surface area (Å²) in [6.07, 6.45) is -11.7. The van der Waals surface area contributed by atoms with Gasteiger partial charge in [-0.25, -0.2) is 19.9 Å². The summed E-state index contributed by atoms with van der Waals surface area (Å²) in [6, 6.07) is 4.78. The molecule has 8 nitrogen and oxygen atoms in total. The van der Waals surface area contributed by atoms with Gasteiger partial charge in [0.2, 0.25) is 6.10 Å². The standard InChI is InChI=1S/C22H21F6N5O3/c1-11-31-14-8-15(35-4)16(36-18(10-34-3)22(26,27)28)7-13(14)20(32-11)30-9-12-5-17(21(23,24)25)33-19(6-12)29-2/h5-8,18H,2,9-10H2,1,3-4H3,(H,30,31,32). The van der Waals surface area contributed by atoms with Crippen LogP contribution in [0.1, 0.15) is 17.1 Å². The minimum absolute atomic E-state index is 0.0115. The lowest BCUT2D eigenvalue weighted by atomic mass is 10.1. The van der Waals surface area contributed by atoms with Gasteiger partial charge in [0.1, 0.15) is 17.3 Å². The second-order valence-electron chi connectivity index (χ2n) is 7.47. The Labute approximate surface area is 201 Å². The van der Waals surface area contributed by atoms with Gasteiger partial charge in [0.25, 0.3) is 0 Å². The number of hydrogen-bond donors (Lipinski definition) is 1. The molecule has 14 heteroatoms. The Morgan fingerprint density at radius 3 is 2.31 bits per heavy atom. The predicted octanol–water partition coefficient (Wildman–Crippen LogP) is 5.26. The van der Waals surface area contributed by atoms with Crippen LogP contribution < -0.4 is 14.8 Å². The average Bonchev–Trinajstić information content (AvgIpc) is 2.80. The highest BCUT2D eigenvalue weighted by atomic mass is 19.4. The molecule has 0 saturated carbocycles. The lowest BCUT2D eigenvalue weighted by molar-refractivity contribution is -0.206. The molecule has 0 radical (unpaired) electrons. The maximum atomic E-state index is 13.4. The van der Waals surface area contributed by atoms with Gasteiger partial charge in [0, 0.05) is 25.1 Å². The van der Waals surface area contributed by atoms with E-state index in [9.17, 15) is 26.3 Å². The summed E-state index contributed by atoms with van der Waals surface area (Å²) in [5.41, 5.74) is -0.667. The molecule has 36 heavy (non-hydrogen) atoms. The van der Waals surface area contributed by atoms with Crippen molar-refractivity contribution in [3.05, 3.63) is 41.3 Å². The van der Waals surface area contributed by atoms with Crippen molar-refractivity contribution < 1.29 is 40.6 Å². The number of ether oxygens (including phenoxy) is 3. The average molecular weight is 517 g/mol. The van der Waals surface area contributed by atoms with Gasteiger partial charge in [-0.1, -0.05) is 0 Å². The molecule has 3 aromatic rings. The Balaban J connectivity index is 2.02. The van der Waals surface area contributed by atoms with E-state index in [1.54, 1.807) is 6.92 Å². The molecule has 0 saturated heterocycles. The maximum Gasteiger partial charge on any atom is 0.433 e. The quantitative estimate of drug-likeness (QED) is 0.306. The first-order chi connectivity index (χ1) is 16.8. The van der Waals surface area contributed by atoms with E-state index in [-0.39, 0.29) is 40.6 Å². The van der Waals surface area contributed by atoms with Gasteiger partial charge in [0.15, 0.2) is 17.3 Å². The number of hydrogen-bond acceptors (Lipinski definition) is 8. The first-order valence-electron chi connectivity index (χ1n) is 10.2. The third-order valence-electron chi connectivity index (χ3n) is 4.83. The monoisotopic (exact) mass is 517 g/mol. The highest BCUT2D eigenvalue weighted by Crippen LogP contribution is 2.37. The molecule has 2 aromatic heterocycles. The molecule has 0 aliphatic heterocycles. The minimum atomic E-state index is -4.73. The number of alkyl halides is 6. The van der Waals surface area contributed by atoms with Crippen molar-refractivity contribution in [3.63, 3.8) is 0 Å². The number of nitrogens with zero attached hydrogens (tertiary/aromatic N) is 4. The molecule has 0 aliphatic carbocycles. The van der Waals surface area contributed by atoms with Crippen LogP contribution in [0.5, 0.6) is 11.5 Å². The summed E-state index contributed by atoms with van der Waals surface area (Å²) in [7, 11) is 2.36. The molecule has 0 bridgehead atoms. The van der Waals surface area contributed by atoms with E-state index >= 15 is 0 Å². The number of pyridine rings is 1. The van der Waals surface area contributed by atoms with Crippen molar-refractivity contribution >= 4 is 29.3 Å². The Hall–Kier alpha value is -3.68. The zero-order chi connectivity index (χ0) is 26.7. The molecule has 0 aliphatic rings. The van der Waals surface area contributed by atoms with Gasteiger partial charge in [-0.05, 0) is 37.4 Å². The van der Waals surface area contributed by atoms with Crippen molar-refractivity contribution in [2.45, 2.75) is 31.9 Å². The number of methoxy groups -OCH3 is 2. The van der Waals surface area contributed by atoms with Gasteiger partial charge >= 0.3 is 12.4 Å². The van der Waals surface area contributed by atoms with Crippen LogP contribution in [0.4, 0.5) is 38.0 Å². The van der Waals surface area contributed by atoms with Gasteiger partial charge in [-0.2, -0.15) is 26.3 Å². The second kappa shape index (κ2) is 10.5. The second-order valence-corrected chi connectivity index (χ2v) is 7.47. The van der Waals surface area contributed by atoms with Crippen molar-refractivity contribution in [2.75, 3.05) is 26.1 Å². The molecule has 2 heterocycles. The molecular formula is C22H21F6N5O3. The van der Waals surface area contributed by atoms with E-state index in [1.807, 2.05) is 0 Å². The third kappa shape index (κ3) is 6.30. The summed E-state index contributed by atoms with van der Waals surface area (Å²) in [4.78, 5) is 15.4. The smallest absolute Gasteiger partial charge is 0.433 e. The Kier molecular flexibility index (Phi) is 7.86. The Bertz CT molecular complexity index is 1250. The SMILES string of the molecule is C=Nc1cc(CNc2nc(C)nc3cc(OC)c(OC(COC)C(F)(F)F)cc23)cc(C(F)(F)F)n1. The van der Waals surface area contributed by atoms with Crippen LogP contribution in [0.2, 0.25) is 0 Å². The molecule has 3 rings (SSSR count).